The minimum Gasteiger partial charge on any atom is -0.348 e. The van der Waals surface area contributed by atoms with Crippen molar-refractivity contribution in [1.82, 2.24) is 19.8 Å². The van der Waals surface area contributed by atoms with Crippen molar-refractivity contribution in [2.75, 3.05) is 13.1 Å². The third-order valence-electron chi connectivity index (χ3n) is 4.57. The number of carbonyl (C=O) groups is 2. The summed E-state index contributed by atoms with van der Waals surface area (Å²) in [6.45, 7) is 7.88. The normalized spacial score (nSPS) is 14.9. The number of nitrogens with zero attached hydrogens (tertiary/aromatic N) is 3. The van der Waals surface area contributed by atoms with Crippen LogP contribution in [0.1, 0.15) is 39.4 Å². The molecule has 2 amide bonds. The topological polar surface area (TPSA) is 67.2 Å². The van der Waals surface area contributed by atoms with Crippen molar-refractivity contribution in [3.05, 3.63) is 30.1 Å². The summed E-state index contributed by atoms with van der Waals surface area (Å²) in [4.78, 5) is 31.3. The Morgan fingerprint density at radius 3 is 2.52 bits per heavy atom. The highest BCUT2D eigenvalue weighted by molar-refractivity contribution is 5.82. The van der Waals surface area contributed by atoms with Crippen LogP contribution in [0.5, 0.6) is 0 Å². The maximum atomic E-state index is 12.6. The third-order valence-corrected chi connectivity index (χ3v) is 4.57. The van der Waals surface area contributed by atoms with Gasteiger partial charge < -0.3 is 14.8 Å². The standard InChI is InChI=1S/C19H26N4O2/c1-19(2,3)18(25)20-12-16-21-14-8-4-5-9-15(14)23(16)13-17(24)22-10-6-7-11-22/h4-5,8-9H,6-7,10-13H2,1-3H3,(H,20,25). The molecule has 0 unspecified atom stereocenters. The first-order chi connectivity index (χ1) is 11.9. The molecule has 3 rings (SSSR count). The fourth-order valence-electron chi connectivity index (χ4n) is 3.06. The van der Waals surface area contributed by atoms with Crippen LogP contribution in [0.25, 0.3) is 11.0 Å². The first kappa shape index (κ1) is 17.5. The second-order valence-electron chi connectivity index (χ2n) is 7.62. The minimum absolute atomic E-state index is 0.0306. The highest BCUT2D eigenvalue weighted by Gasteiger charge is 2.23. The van der Waals surface area contributed by atoms with Crippen LogP contribution in [0.15, 0.2) is 24.3 Å². The lowest BCUT2D eigenvalue weighted by molar-refractivity contribution is -0.130. The minimum atomic E-state index is -0.456. The Bertz CT molecular complexity index is 782. The molecular formula is C19H26N4O2. The van der Waals surface area contributed by atoms with Crippen molar-refractivity contribution >= 4 is 22.8 Å². The molecule has 1 aliphatic heterocycles. The van der Waals surface area contributed by atoms with Crippen molar-refractivity contribution in [3.63, 3.8) is 0 Å². The number of para-hydroxylation sites is 2. The smallest absolute Gasteiger partial charge is 0.242 e. The van der Waals surface area contributed by atoms with Gasteiger partial charge in [-0.1, -0.05) is 32.9 Å². The second-order valence-corrected chi connectivity index (χ2v) is 7.62. The van der Waals surface area contributed by atoms with Crippen molar-refractivity contribution in [3.8, 4) is 0 Å². The van der Waals surface area contributed by atoms with E-state index in [1.54, 1.807) is 0 Å². The van der Waals surface area contributed by atoms with Gasteiger partial charge in [0.25, 0.3) is 0 Å². The van der Waals surface area contributed by atoms with Gasteiger partial charge in [0.15, 0.2) is 0 Å². The summed E-state index contributed by atoms with van der Waals surface area (Å²) in [5.41, 5.74) is 1.31. The lowest BCUT2D eigenvalue weighted by Crippen LogP contribution is -2.36. The van der Waals surface area contributed by atoms with E-state index in [0.717, 1.165) is 37.0 Å². The van der Waals surface area contributed by atoms with Crippen LogP contribution in [-0.2, 0) is 22.7 Å². The van der Waals surface area contributed by atoms with Crippen LogP contribution in [0, 0.1) is 5.41 Å². The molecular weight excluding hydrogens is 316 g/mol. The lowest BCUT2D eigenvalue weighted by atomic mass is 9.96. The predicted octanol–water partition coefficient (Wildman–Crippen LogP) is 2.32. The third kappa shape index (κ3) is 3.83. The average molecular weight is 342 g/mol. The van der Waals surface area contributed by atoms with E-state index in [2.05, 4.69) is 10.3 Å². The van der Waals surface area contributed by atoms with Crippen molar-refractivity contribution in [2.24, 2.45) is 5.41 Å². The molecule has 1 saturated heterocycles. The van der Waals surface area contributed by atoms with Crippen molar-refractivity contribution < 1.29 is 9.59 Å². The van der Waals surface area contributed by atoms with Gasteiger partial charge in [-0.05, 0) is 25.0 Å². The van der Waals surface area contributed by atoms with E-state index in [0.29, 0.717) is 12.4 Å². The Kier molecular flexibility index (Phi) is 4.79. The first-order valence-electron chi connectivity index (χ1n) is 8.86. The highest BCUT2D eigenvalue weighted by Crippen LogP contribution is 2.18. The molecule has 1 aromatic carbocycles. The van der Waals surface area contributed by atoms with E-state index in [4.69, 9.17) is 0 Å². The summed E-state index contributed by atoms with van der Waals surface area (Å²) in [7, 11) is 0. The Morgan fingerprint density at radius 2 is 1.84 bits per heavy atom. The number of fused-ring (bicyclic) bond motifs is 1. The summed E-state index contributed by atoms with van der Waals surface area (Å²) >= 11 is 0. The number of hydrogen-bond acceptors (Lipinski definition) is 3. The van der Waals surface area contributed by atoms with Crippen molar-refractivity contribution in [2.45, 2.75) is 46.7 Å². The molecule has 25 heavy (non-hydrogen) atoms. The Hall–Kier alpha value is -2.37. The van der Waals surface area contributed by atoms with E-state index in [-0.39, 0.29) is 18.4 Å². The number of nitrogens with one attached hydrogen (secondary N) is 1. The molecule has 0 spiro atoms. The first-order valence-corrected chi connectivity index (χ1v) is 8.86. The van der Waals surface area contributed by atoms with Gasteiger partial charge in [0, 0.05) is 18.5 Å². The van der Waals surface area contributed by atoms with Gasteiger partial charge in [-0.15, -0.1) is 0 Å². The molecule has 1 N–H and O–H groups in total. The number of hydrogen-bond donors (Lipinski definition) is 1. The van der Waals surface area contributed by atoms with Gasteiger partial charge >= 0.3 is 0 Å². The van der Waals surface area contributed by atoms with Gasteiger partial charge in [-0.25, -0.2) is 4.98 Å². The number of imidazole rings is 1. The second kappa shape index (κ2) is 6.86. The number of rotatable bonds is 4. The Balaban J connectivity index is 1.84. The Labute approximate surface area is 148 Å². The fraction of sp³-hybridized carbons (Fsp3) is 0.526. The molecule has 6 nitrogen and oxygen atoms in total. The number of benzene rings is 1. The molecule has 1 fully saturated rings. The summed E-state index contributed by atoms with van der Waals surface area (Å²) in [6.07, 6.45) is 2.15. The van der Waals surface area contributed by atoms with Crippen LogP contribution < -0.4 is 5.32 Å². The quantitative estimate of drug-likeness (QED) is 0.927. The molecule has 0 radical (unpaired) electrons. The molecule has 6 heteroatoms. The fourth-order valence-corrected chi connectivity index (χ4v) is 3.06. The average Bonchev–Trinajstić information content (AvgIpc) is 3.20. The summed E-state index contributed by atoms with van der Waals surface area (Å²) in [5, 5.41) is 2.94. The maximum absolute atomic E-state index is 12.6. The van der Waals surface area contributed by atoms with E-state index >= 15 is 0 Å². The van der Waals surface area contributed by atoms with Gasteiger partial charge in [0.2, 0.25) is 11.8 Å². The van der Waals surface area contributed by atoms with E-state index < -0.39 is 5.41 Å². The molecule has 1 aliphatic rings. The monoisotopic (exact) mass is 342 g/mol. The number of amides is 2. The molecule has 1 aromatic heterocycles. The van der Waals surface area contributed by atoms with Crippen molar-refractivity contribution in [1.29, 1.82) is 0 Å². The van der Waals surface area contributed by atoms with Gasteiger partial charge in [0.1, 0.15) is 12.4 Å². The SMILES string of the molecule is CC(C)(C)C(=O)NCc1nc2ccccc2n1CC(=O)N1CCCC1. The van der Waals surface area contributed by atoms with Gasteiger partial charge in [-0.3, -0.25) is 9.59 Å². The largest absolute Gasteiger partial charge is 0.348 e. The highest BCUT2D eigenvalue weighted by atomic mass is 16.2. The van der Waals surface area contributed by atoms with E-state index in [1.807, 2.05) is 54.5 Å². The molecule has 0 saturated carbocycles. The molecule has 0 atom stereocenters. The zero-order chi connectivity index (χ0) is 18.0. The predicted molar refractivity (Wildman–Crippen MR) is 96.8 cm³/mol. The van der Waals surface area contributed by atoms with Gasteiger partial charge in [0.05, 0.1) is 17.6 Å². The lowest BCUT2D eigenvalue weighted by Gasteiger charge is -2.19. The molecule has 134 valence electrons. The number of carbonyl (C=O) groups excluding carboxylic acids is 2. The Morgan fingerprint density at radius 1 is 1.16 bits per heavy atom. The van der Waals surface area contributed by atoms with E-state index in [1.165, 1.54) is 0 Å². The number of aromatic nitrogens is 2. The zero-order valence-corrected chi connectivity index (χ0v) is 15.2. The van der Waals surface area contributed by atoms with Crippen LogP contribution in [-0.4, -0.2) is 39.4 Å². The zero-order valence-electron chi connectivity index (χ0n) is 15.2. The molecule has 0 aliphatic carbocycles. The number of likely N-dealkylation sites (tertiary alicyclic amines) is 1. The van der Waals surface area contributed by atoms with Crippen LogP contribution in [0.2, 0.25) is 0 Å². The van der Waals surface area contributed by atoms with Crippen LogP contribution >= 0.6 is 0 Å². The van der Waals surface area contributed by atoms with Crippen LogP contribution in [0.3, 0.4) is 0 Å². The maximum Gasteiger partial charge on any atom is 0.242 e. The molecule has 2 aromatic rings. The molecule has 0 bridgehead atoms. The van der Waals surface area contributed by atoms with E-state index in [9.17, 15) is 9.59 Å². The summed E-state index contributed by atoms with van der Waals surface area (Å²) in [5.74, 6) is 0.798. The molecule has 2 heterocycles. The van der Waals surface area contributed by atoms with Crippen LogP contribution in [0.4, 0.5) is 0 Å². The summed E-state index contributed by atoms with van der Waals surface area (Å²) < 4.78 is 1.93. The van der Waals surface area contributed by atoms with Gasteiger partial charge in [-0.2, -0.15) is 0 Å². The summed E-state index contributed by atoms with van der Waals surface area (Å²) in [6, 6.07) is 7.77.